The van der Waals surface area contributed by atoms with Crippen molar-refractivity contribution in [2.24, 2.45) is 5.92 Å². The van der Waals surface area contributed by atoms with E-state index < -0.39 is 0 Å². The lowest BCUT2D eigenvalue weighted by molar-refractivity contribution is -0.136. The summed E-state index contributed by atoms with van der Waals surface area (Å²) in [6, 6.07) is 0. The zero-order valence-electron chi connectivity index (χ0n) is 20.8. The van der Waals surface area contributed by atoms with Gasteiger partial charge in [-0.25, -0.2) is 4.98 Å². The van der Waals surface area contributed by atoms with Crippen molar-refractivity contribution in [3.05, 3.63) is 30.5 Å². The van der Waals surface area contributed by atoms with Crippen molar-refractivity contribution >= 4 is 11.8 Å². The zero-order chi connectivity index (χ0) is 24.5. The predicted octanol–water partition coefficient (Wildman–Crippen LogP) is 1.84. The summed E-state index contributed by atoms with van der Waals surface area (Å²) in [5.74, 6) is 0.368. The van der Waals surface area contributed by atoms with Gasteiger partial charge in [-0.05, 0) is 39.5 Å². The standard InChI is InChI=1S/C25H41N5O4/c1-4-7-10-21(31)17-27-12-14-28(15-13-27)18-23-26-22(19-34-23)25(33)30-11-8-9-20(16-30)24(32)29(5-2)6-3/h4,19-21,31H,1,5-18H2,2-3H3/t20-,21+/m1/s1. The van der Waals surface area contributed by atoms with Crippen LogP contribution in [0, 0.1) is 5.92 Å². The third kappa shape index (κ3) is 7.13. The van der Waals surface area contributed by atoms with Crippen LogP contribution in [0.25, 0.3) is 0 Å². The van der Waals surface area contributed by atoms with Crippen molar-refractivity contribution in [2.45, 2.75) is 52.2 Å². The number of oxazole rings is 1. The number of amides is 2. The number of piperidine rings is 1. The third-order valence-electron chi connectivity index (χ3n) is 6.90. The summed E-state index contributed by atoms with van der Waals surface area (Å²) in [5, 5.41) is 10.1. The van der Waals surface area contributed by atoms with E-state index in [1.165, 1.54) is 6.26 Å². The fourth-order valence-electron chi connectivity index (χ4n) is 4.82. The quantitative estimate of drug-likeness (QED) is 0.488. The Morgan fingerprint density at radius 3 is 2.62 bits per heavy atom. The Bertz CT molecular complexity index is 801. The lowest BCUT2D eigenvalue weighted by Crippen LogP contribution is -2.48. The van der Waals surface area contributed by atoms with Crippen molar-refractivity contribution in [1.29, 1.82) is 0 Å². The van der Waals surface area contributed by atoms with Gasteiger partial charge in [0.05, 0.1) is 18.6 Å². The molecule has 2 aliphatic heterocycles. The maximum absolute atomic E-state index is 13.0. The molecule has 34 heavy (non-hydrogen) atoms. The zero-order valence-corrected chi connectivity index (χ0v) is 20.8. The van der Waals surface area contributed by atoms with Crippen molar-refractivity contribution in [1.82, 2.24) is 24.6 Å². The van der Waals surface area contributed by atoms with E-state index in [-0.39, 0.29) is 23.8 Å². The average molecular weight is 476 g/mol. The SMILES string of the molecule is C=CCC[C@H](O)CN1CCN(Cc2nc(C(=O)N3CCC[C@@H](C(=O)N(CC)CC)C3)co2)CC1. The minimum absolute atomic E-state index is 0.135. The molecule has 0 saturated carbocycles. The van der Waals surface area contributed by atoms with Gasteiger partial charge in [0.25, 0.3) is 5.91 Å². The molecular weight excluding hydrogens is 434 g/mol. The second-order valence-electron chi connectivity index (χ2n) is 9.32. The number of allylic oxidation sites excluding steroid dienone is 1. The van der Waals surface area contributed by atoms with E-state index in [4.69, 9.17) is 4.42 Å². The fourth-order valence-corrected chi connectivity index (χ4v) is 4.82. The van der Waals surface area contributed by atoms with Crippen LogP contribution in [0.15, 0.2) is 23.3 Å². The molecule has 0 unspecified atom stereocenters. The molecule has 1 aromatic rings. The molecule has 3 heterocycles. The third-order valence-corrected chi connectivity index (χ3v) is 6.90. The number of aromatic nitrogens is 1. The van der Waals surface area contributed by atoms with Crippen LogP contribution in [0.4, 0.5) is 0 Å². The molecule has 3 rings (SSSR count). The molecule has 2 fully saturated rings. The summed E-state index contributed by atoms with van der Waals surface area (Å²) >= 11 is 0. The van der Waals surface area contributed by atoms with Crippen LogP contribution in [-0.2, 0) is 11.3 Å². The minimum atomic E-state index is -0.318. The second kappa shape index (κ2) is 13.0. The number of hydrogen-bond acceptors (Lipinski definition) is 7. The lowest BCUT2D eigenvalue weighted by Gasteiger charge is -2.35. The highest BCUT2D eigenvalue weighted by Crippen LogP contribution is 2.21. The first-order chi connectivity index (χ1) is 16.4. The Morgan fingerprint density at radius 2 is 1.94 bits per heavy atom. The Hall–Kier alpha value is -2.23. The molecule has 1 aromatic heterocycles. The topological polar surface area (TPSA) is 93.4 Å². The summed E-state index contributed by atoms with van der Waals surface area (Å²) in [7, 11) is 0. The Kier molecular flexibility index (Phi) is 10.1. The molecule has 2 aliphatic rings. The maximum atomic E-state index is 13.0. The fraction of sp³-hybridized carbons (Fsp3) is 0.720. The number of hydrogen-bond donors (Lipinski definition) is 1. The molecular formula is C25H41N5O4. The van der Waals surface area contributed by atoms with E-state index in [1.54, 1.807) is 4.90 Å². The van der Waals surface area contributed by atoms with Crippen LogP contribution in [0.1, 0.15) is 55.9 Å². The summed E-state index contributed by atoms with van der Waals surface area (Å²) < 4.78 is 5.62. The second-order valence-corrected chi connectivity index (χ2v) is 9.32. The van der Waals surface area contributed by atoms with Crippen molar-refractivity contribution < 1.29 is 19.1 Å². The molecule has 2 atom stereocenters. The first-order valence-corrected chi connectivity index (χ1v) is 12.7. The number of nitrogens with zero attached hydrogens (tertiary/aromatic N) is 5. The van der Waals surface area contributed by atoms with Crippen LogP contribution in [-0.4, -0.2) is 107 Å². The smallest absolute Gasteiger partial charge is 0.275 e. The Balaban J connectivity index is 1.47. The van der Waals surface area contributed by atoms with Crippen LogP contribution in [0.3, 0.4) is 0 Å². The molecule has 2 saturated heterocycles. The molecule has 9 nitrogen and oxygen atoms in total. The predicted molar refractivity (Wildman–Crippen MR) is 130 cm³/mol. The number of rotatable bonds is 11. The van der Waals surface area contributed by atoms with Crippen LogP contribution in [0.2, 0.25) is 0 Å². The van der Waals surface area contributed by atoms with Crippen molar-refractivity contribution in [3.63, 3.8) is 0 Å². The lowest BCUT2D eigenvalue weighted by atomic mass is 9.96. The minimum Gasteiger partial charge on any atom is -0.447 e. The number of carbonyl (C=O) groups is 2. The molecule has 0 aromatic carbocycles. The molecule has 9 heteroatoms. The van der Waals surface area contributed by atoms with Gasteiger partial charge in [-0.2, -0.15) is 0 Å². The highest BCUT2D eigenvalue weighted by atomic mass is 16.3. The number of aliphatic hydroxyl groups is 1. The van der Waals surface area contributed by atoms with E-state index in [9.17, 15) is 14.7 Å². The van der Waals surface area contributed by atoms with Gasteiger partial charge in [0.2, 0.25) is 11.8 Å². The number of likely N-dealkylation sites (tertiary alicyclic amines) is 1. The Morgan fingerprint density at radius 1 is 1.24 bits per heavy atom. The van der Waals surface area contributed by atoms with Crippen LogP contribution >= 0.6 is 0 Å². The summed E-state index contributed by atoms with van der Waals surface area (Å²) in [5.41, 5.74) is 0.315. The van der Waals surface area contributed by atoms with E-state index in [0.29, 0.717) is 50.9 Å². The van der Waals surface area contributed by atoms with Crippen LogP contribution in [0.5, 0.6) is 0 Å². The van der Waals surface area contributed by atoms with Gasteiger partial charge in [0.1, 0.15) is 6.26 Å². The first kappa shape index (κ1) is 26.4. The number of carbonyl (C=O) groups excluding carboxylic acids is 2. The van der Waals surface area contributed by atoms with Crippen molar-refractivity contribution in [3.8, 4) is 0 Å². The van der Waals surface area contributed by atoms with E-state index >= 15 is 0 Å². The van der Waals surface area contributed by atoms with Gasteiger partial charge in [0, 0.05) is 58.9 Å². The monoisotopic (exact) mass is 475 g/mol. The van der Waals surface area contributed by atoms with Gasteiger partial charge in [0.15, 0.2) is 5.69 Å². The average Bonchev–Trinajstić information content (AvgIpc) is 3.32. The number of β-amino-alcohol motifs (C(OH)–C–C–N with tert-alkyl or cyclic N) is 1. The highest BCUT2D eigenvalue weighted by Gasteiger charge is 2.32. The normalized spacial score (nSPS) is 20.8. The first-order valence-electron chi connectivity index (χ1n) is 12.7. The molecule has 0 spiro atoms. The van der Waals surface area contributed by atoms with E-state index in [1.807, 2.05) is 24.8 Å². The Labute approximate surface area is 203 Å². The summed E-state index contributed by atoms with van der Waals surface area (Å²) in [4.78, 5) is 38.4. The van der Waals surface area contributed by atoms with Gasteiger partial charge < -0.3 is 19.3 Å². The van der Waals surface area contributed by atoms with Crippen LogP contribution < -0.4 is 0 Å². The molecule has 0 radical (unpaired) electrons. The van der Waals surface area contributed by atoms with Gasteiger partial charge in [-0.3, -0.25) is 19.4 Å². The molecule has 0 bridgehead atoms. The van der Waals surface area contributed by atoms with Gasteiger partial charge in [-0.1, -0.05) is 6.08 Å². The molecule has 2 amide bonds. The maximum Gasteiger partial charge on any atom is 0.275 e. The molecule has 190 valence electrons. The van der Waals surface area contributed by atoms with Gasteiger partial charge >= 0.3 is 0 Å². The largest absolute Gasteiger partial charge is 0.447 e. The summed E-state index contributed by atoms with van der Waals surface area (Å²) in [6.07, 6.45) is 6.18. The van der Waals surface area contributed by atoms with Crippen molar-refractivity contribution in [2.75, 3.05) is 58.9 Å². The van der Waals surface area contributed by atoms with Gasteiger partial charge in [-0.15, -0.1) is 6.58 Å². The molecule has 1 N–H and O–H groups in total. The number of aliphatic hydroxyl groups excluding tert-OH is 1. The van der Waals surface area contributed by atoms with E-state index in [2.05, 4.69) is 21.4 Å². The van der Waals surface area contributed by atoms with E-state index in [0.717, 1.165) is 51.9 Å². The highest BCUT2D eigenvalue weighted by molar-refractivity contribution is 5.92. The summed E-state index contributed by atoms with van der Waals surface area (Å²) in [6.45, 7) is 14.9. The number of piperazine rings is 1. The molecule has 0 aliphatic carbocycles.